The van der Waals surface area contributed by atoms with Crippen LogP contribution in [-0.2, 0) is 37.4 Å². The molecular weight excluding hydrogens is 625 g/mol. The van der Waals surface area contributed by atoms with Crippen LogP contribution in [0.25, 0.3) is 0 Å². The average Bonchev–Trinajstić information content (AvgIpc) is 3.21. The maximum Gasteiger partial charge on any atom is 0.348 e. The normalized spacial score (nSPS) is 43.3. The van der Waals surface area contributed by atoms with Crippen molar-refractivity contribution in [1.29, 1.82) is 0 Å². The van der Waals surface area contributed by atoms with Crippen molar-refractivity contribution in [3.63, 3.8) is 0 Å². The third-order valence-electron chi connectivity index (χ3n) is 11.9. The van der Waals surface area contributed by atoms with Gasteiger partial charge in [0, 0.05) is 22.7 Å². The highest BCUT2D eigenvalue weighted by Crippen LogP contribution is 2.75. The molecule has 2 saturated carbocycles. The molecule has 0 aromatic rings. The van der Waals surface area contributed by atoms with Crippen molar-refractivity contribution in [3.8, 4) is 0 Å². The van der Waals surface area contributed by atoms with Gasteiger partial charge in [0.05, 0.1) is 18.6 Å². The molecule has 2 heterocycles. The molecule has 4 fully saturated rings. The summed E-state index contributed by atoms with van der Waals surface area (Å²) >= 11 is 0. The molecule has 2 bridgehead atoms. The van der Waals surface area contributed by atoms with E-state index in [0.29, 0.717) is 12.8 Å². The van der Waals surface area contributed by atoms with Gasteiger partial charge in [-0.15, -0.1) is 0 Å². The van der Waals surface area contributed by atoms with Crippen LogP contribution in [0.3, 0.4) is 0 Å². The molecule has 1 spiro atoms. The first kappa shape index (κ1) is 35.9. The molecule has 3 aliphatic carbocycles. The van der Waals surface area contributed by atoms with E-state index in [1.165, 1.54) is 0 Å². The predicted molar refractivity (Wildman–Crippen MR) is 175 cm³/mol. The zero-order chi connectivity index (χ0) is 34.6. The minimum absolute atomic E-state index is 0.101. The van der Waals surface area contributed by atoms with Crippen molar-refractivity contribution in [2.75, 3.05) is 6.61 Å². The van der Waals surface area contributed by atoms with E-state index in [0.717, 1.165) is 5.57 Å². The lowest BCUT2D eigenvalue weighted by atomic mass is 9.38. The van der Waals surface area contributed by atoms with Crippen molar-refractivity contribution < 1.29 is 47.7 Å². The van der Waals surface area contributed by atoms with E-state index < -0.39 is 93.0 Å². The molecule has 260 valence electrons. The van der Waals surface area contributed by atoms with Gasteiger partial charge in [-0.25, -0.2) is 4.79 Å². The SMILES string of the molecule is CC[C@@](O)(CC(=O)O[C@H]1C(=O)O[C@@H]2C[C@H]3C(C)=CC(=O)[C@@H](O[Si](C)(C)C)[C@]3(C)[C@H]3[C@@]4(O[Si](C)(C)C)OC[C@]32[C@@H]1[C@@H](C)[C@H]4O)C(C)C. The lowest BCUT2D eigenvalue weighted by Crippen LogP contribution is -2.79. The minimum Gasteiger partial charge on any atom is -0.459 e. The molecule has 0 radical (unpaired) electrons. The number of hydrogen-bond donors (Lipinski definition) is 2. The smallest absolute Gasteiger partial charge is 0.348 e. The molecule has 2 aliphatic heterocycles. The van der Waals surface area contributed by atoms with E-state index >= 15 is 0 Å². The molecule has 2 saturated heterocycles. The predicted octanol–water partition coefficient (Wildman–Crippen LogP) is 4.59. The fraction of sp³-hybridized carbons (Fsp3) is 0.853. The van der Waals surface area contributed by atoms with Crippen LogP contribution < -0.4 is 0 Å². The second-order valence-electron chi connectivity index (χ2n) is 17.3. The van der Waals surface area contributed by atoms with Gasteiger partial charge in [-0.2, -0.15) is 0 Å². The van der Waals surface area contributed by atoms with Crippen LogP contribution in [0.5, 0.6) is 0 Å². The molecule has 12 heteroatoms. The Morgan fingerprint density at radius 2 is 1.78 bits per heavy atom. The Balaban J connectivity index is 1.70. The van der Waals surface area contributed by atoms with Gasteiger partial charge in [-0.3, -0.25) is 9.59 Å². The largest absolute Gasteiger partial charge is 0.459 e. The summed E-state index contributed by atoms with van der Waals surface area (Å²) in [6.07, 6.45) is -1.82. The van der Waals surface area contributed by atoms with Gasteiger partial charge in [0.15, 0.2) is 28.2 Å². The first-order chi connectivity index (χ1) is 21.0. The Kier molecular flexibility index (Phi) is 8.82. The van der Waals surface area contributed by atoms with Crippen molar-refractivity contribution in [1.82, 2.24) is 0 Å². The van der Waals surface area contributed by atoms with Crippen LogP contribution in [0.2, 0.25) is 39.3 Å². The number of carbonyl (C=O) groups is 3. The quantitative estimate of drug-likeness (QED) is 0.263. The summed E-state index contributed by atoms with van der Waals surface area (Å²) in [5.41, 5.74) is -2.27. The van der Waals surface area contributed by atoms with Gasteiger partial charge in [0.2, 0.25) is 6.10 Å². The summed E-state index contributed by atoms with van der Waals surface area (Å²) in [6, 6.07) is 0. The van der Waals surface area contributed by atoms with Crippen molar-refractivity contribution in [3.05, 3.63) is 11.6 Å². The average molecular weight is 681 g/mol. The number of ketones is 1. The first-order valence-corrected chi connectivity index (χ1v) is 23.8. The van der Waals surface area contributed by atoms with Gasteiger partial charge < -0.3 is 33.3 Å². The number of fused-ring (bicyclic) bond motifs is 1. The van der Waals surface area contributed by atoms with E-state index in [1.54, 1.807) is 6.08 Å². The molecule has 5 rings (SSSR count). The second-order valence-corrected chi connectivity index (χ2v) is 26.2. The van der Waals surface area contributed by atoms with Crippen molar-refractivity contribution in [2.24, 2.45) is 40.4 Å². The van der Waals surface area contributed by atoms with Crippen LogP contribution in [0, 0.1) is 40.4 Å². The molecule has 5 aliphatic rings. The lowest BCUT2D eigenvalue weighted by molar-refractivity contribution is -0.332. The third-order valence-corrected chi connectivity index (χ3v) is 13.8. The molecule has 12 atom stereocenters. The van der Waals surface area contributed by atoms with Crippen LogP contribution >= 0.6 is 0 Å². The third kappa shape index (κ3) is 5.24. The Morgan fingerprint density at radius 3 is 2.33 bits per heavy atom. The Morgan fingerprint density at radius 1 is 1.15 bits per heavy atom. The summed E-state index contributed by atoms with van der Waals surface area (Å²) in [7, 11) is -4.72. The minimum atomic E-state index is -2.43. The number of hydrogen-bond acceptors (Lipinski definition) is 10. The number of ether oxygens (including phenoxy) is 3. The topological polar surface area (TPSA) is 138 Å². The molecule has 0 aromatic carbocycles. The van der Waals surface area contributed by atoms with Gasteiger partial charge in [0.1, 0.15) is 18.3 Å². The number of rotatable bonds is 9. The van der Waals surface area contributed by atoms with Crippen LogP contribution in [-0.4, -0.2) is 87.0 Å². The fourth-order valence-corrected chi connectivity index (χ4v) is 12.3. The van der Waals surface area contributed by atoms with E-state index in [2.05, 4.69) is 26.6 Å². The van der Waals surface area contributed by atoms with Gasteiger partial charge in [0.25, 0.3) is 0 Å². The highest BCUT2D eigenvalue weighted by Gasteiger charge is 2.84. The van der Waals surface area contributed by atoms with Crippen molar-refractivity contribution in [2.45, 2.75) is 136 Å². The molecule has 2 N–H and O–H groups in total. The van der Waals surface area contributed by atoms with Crippen molar-refractivity contribution >= 4 is 34.4 Å². The summed E-state index contributed by atoms with van der Waals surface area (Å²) < 4.78 is 32.9. The molecule has 0 aromatic heterocycles. The lowest BCUT2D eigenvalue weighted by Gasteiger charge is -2.69. The van der Waals surface area contributed by atoms with E-state index in [4.69, 9.17) is 23.1 Å². The number of allylic oxidation sites excluding steroid dienone is 1. The molecule has 0 unspecified atom stereocenters. The highest BCUT2D eigenvalue weighted by molar-refractivity contribution is 6.70. The monoisotopic (exact) mass is 680 g/mol. The van der Waals surface area contributed by atoms with Crippen LogP contribution in [0.4, 0.5) is 0 Å². The van der Waals surface area contributed by atoms with E-state index in [9.17, 15) is 24.6 Å². The maximum absolute atomic E-state index is 14.0. The fourth-order valence-electron chi connectivity index (χ4n) is 10.0. The number of aliphatic hydroxyl groups excluding tert-OH is 1. The highest BCUT2D eigenvalue weighted by atomic mass is 28.4. The summed E-state index contributed by atoms with van der Waals surface area (Å²) in [5.74, 6) is -5.33. The summed E-state index contributed by atoms with van der Waals surface area (Å²) in [4.78, 5) is 41.4. The van der Waals surface area contributed by atoms with E-state index in [-0.39, 0.29) is 30.6 Å². The van der Waals surface area contributed by atoms with E-state index in [1.807, 2.05) is 54.3 Å². The Labute approximate surface area is 276 Å². The van der Waals surface area contributed by atoms with Crippen LogP contribution in [0.15, 0.2) is 11.6 Å². The second kappa shape index (κ2) is 11.3. The zero-order valence-corrected chi connectivity index (χ0v) is 31.8. The summed E-state index contributed by atoms with van der Waals surface area (Å²) in [5, 5.41) is 23.6. The maximum atomic E-state index is 14.0. The zero-order valence-electron chi connectivity index (χ0n) is 29.8. The Bertz CT molecular complexity index is 1300. The Hall–Kier alpha value is -1.42. The van der Waals surface area contributed by atoms with Gasteiger partial charge >= 0.3 is 11.9 Å². The number of esters is 2. The molecule has 46 heavy (non-hydrogen) atoms. The molecule has 0 amide bonds. The number of aliphatic hydroxyl groups is 2. The molecular formula is C34H56O10Si2. The summed E-state index contributed by atoms with van der Waals surface area (Å²) in [6.45, 7) is 23.8. The van der Waals surface area contributed by atoms with Gasteiger partial charge in [-0.1, -0.05) is 40.2 Å². The van der Waals surface area contributed by atoms with Crippen LogP contribution in [0.1, 0.15) is 60.8 Å². The first-order valence-electron chi connectivity index (χ1n) is 17.0. The molecule has 10 nitrogen and oxygen atoms in total. The number of carbonyl (C=O) groups excluding carboxylic acids is 3. The standard InChI is InChI=1S/C34H56O10Si2/c1-13-32(39,18(2)3)16-24(36)42-26-25-20(5)27(37)34(44-46(10,11)12)30-31(6)21(15-23(41-29(26)38)33(25,30)17-40-34)19(4)14-22(35)28(31)43-45(7,8)9/h14,18,20-21,23,25-28,30,37,39H,13,15-17H2,1-12H3/t20-,21+,23-,25-,26-,27-,28-,30-,31-,32-,33+,34-/m1/s1. The van der Waals surface area contributed by atoms with Gasteiger partial charge in [-0.05, 0) is 82.9 Å².